The summed E-state index contributed by atoms with van der Waals surface area (Å²) in [6.45, 7) is 0. The maximum absolute atomic E-state index is 12.8. The van der Waals surface area contributed by atoms with E-state index in [1.54, 1.807) is 11.6 Å². The van der Waals surface area contributed by atoms with Gasteiger partial charge in [-0.3, -0.25) is 4.79 Å². The van der Waals surface area contributed by atoms with E-state index in [4.69, 9.17) is 4.42 Å². The number of hydrogen-bond acceptors (Lipinski definition) is 3. The van der Waals surface area contributed by atoms with E-state index >= 15 is 0 Å². The molecule has 0 saturated heterocycles. The first kappa shape index (κ1) is 13.5. The smallest absolute Gasteiger partial charge is 0.336 e. The summed E-state index contributed by atoms with van der Waals surface area (Å²) in [7, 11) is 1.73. The van der Waals surface area contributed by atoms with Crippen molar-refractivity contribution in [1.82, 2.24) is 4.57 Å². The summed E-state index contributed by atoms with van der Waals surface area (Å²) < 4.78 is 6.99. The molecule has 4 aromatic rings. The molecule has 0 aliphatic heterocycles. The van der Waals surface area contributed by atoms with Crippen LogP contribution in [0.25, 0.3) is 33.0 Å². The summed E-state index contributed by atoms with van der Waals surface area (Å²) in [5, 5.41) is 1.18. The number of benzene rings is 2. The van der Waals surface area contributed by atoms with Gasteiger partial charge in [0.05, 0.1) is 10.9 Å². The van der Waals surface area contributed by atoms with Gasteiger partial charge in [-0.25, -0.2) is 4.79 Å². The Labute approximate surface area is 131 Å². The molecule has 0 aliphatic rings. The third kappa shape index (κ3) is 1.99. The first-order valence-corrected chi connectivity index (χ1v) is 7.28. The highest BCUT2D eigenvalue weighted by molar-refractivity contribution is 6.06. The van der Waals surface area contributed by atoms with Gasteiger partial charge in [-0.2, -0.15) is 0 Å². The van der Waals surface area contributed by atoms with E-state index in [9.17, 15) is 9.59 Å². The average molecular weight is 303 g/mol. The Morgan fingerprint density at radius 3 is 2.39 bits per heavy atom. The predicted molar refractivity (Wildman–Crippen MR) is 90.7 cm³/mol. The molecule has 0 atom stereocenters. The second-order valence-electron chi connectivity index (χ2n) is 5.43. The SMILES string of the molecule is Cn1c(=O)c2c(-c3ccccc3)cc(=O)oc2c2ccccc21. The average Bonchev–Trinajstić information content (AvgIpc) is 2.59. The molecule has 2 aromatic heterocycles. The summed E-state index contributed by atoms with van der Waals surface area (Å²) in [5.41, 5.74) is 1.85. The molecule has 0 bridgehead atoms. The van der Waals surface area contributed by atoms with Gasteiger partial charge in [-0.05, 0) is 17.7 Å². The number of aromatic nitrogens is 1. The largest absolute Gasteiger partial charge is 0.422 e. The van der Waals surface area contributed by atoms with E-state index in [2.05, 4.69) is 0 Å². The molecule has 4 heteroatoms. The molecular formula is C19H13NO3. The van der Waals surface area contributed by atoms with Gasteiger partial charge in [-0.15, -0.1) is 0 Å². The summed E-state index contributed by atoms with van der Waals surface area (Å²) in [5.74, 6) is 0. The van der Waals surface area contributed by atoms with E-state index in [0.717, 1.165) is 16.5 Å². The van der Waals surface area contributed by atoms with Crippen LogP contribution in [0, 0.1) is 0 Å². The monoisotopic (exact) mass is 303 g/mol. The summed E-state index contributed by atoms with van der Waals surface area (Å²) in [6, 6.07) is 18.2. The highest BCUT2D eigenvalue weighted by atomic mass is 16.4. The number of hydrogen-bond donors (Lipinski definition) is 0. The van der Waals surface area contributed by atoms with E-state index < -0.39 is 5.63 Å². The maximum Gasteiger partial charge on any atom is 0.336 e. The van der Waals surface area contributed by atoms with Crippen molar-refractivity contribution in [3.8, 4) is 11.1 Å². The van der Waals surface area contributed by atoms with Crippen molar-refractivity contribution in [1.29, 1.82) is 0 Å². The zero-order chi connectivity index (χ0) is 16.0. The van der Waals surface area contributed by atoms with Crippen molar-refractivity contribution in [2.24, 2.45) is 7.05 Å². The molecular weight excluding hydrogens is 290 g/mol. The lowest BCUT2D eigenvalue weighted by Gasteiger charge is -2.10. The lowest BCUT2D eigenvalue weighted by molar-refractivity contribution is 0.563. The van der Waals surface area contributed by atoms with Crippen molar-refractivity contribution < 1.29 is 4.42 Å². The van der Waals surface area contributed by atoms with Crippen LogP contribution in [0.15, 0.2) is 74.7 Å². The quantitative estimate of drug-likeness (QED) is 0.507. The molecule has 23 heavy (non-hydrogen) atoms. The number of para-hydroxylation sites is 1. The number of rotatable bonds is 1. The number of nitrogens with zero attached hydrogens (tertiary/aromatic N) is 1. The molecule has 0 fully saturated rings. The third-order valence-corrected chi connectivity index (χ3v) is 4.07. The number of aryl methyl sites for hydroxylation is 1. The minimum absolute atomic E-state index is 0.179. The van der Waals surface area contributed by atoms with Crippen LogP contribution < -0.4 is 11.2 Å². The van der Waals surface area contributed by atoms with Crippen LogP contribution in [0.4, 0.5) is 0 Å². The molecule has 4 nitrogen and oxygen atoms in total. The lowest BCUT2D eigenvalue weighted by Crippen LogP contribution is -2.19. The zero-order valence-electron chi connectivity index (χ0n) is 12.4. The molecule has 2 heterocycles. The summed E-state index contributed by atoms with van der Waals surface area (Å²) in [6.07, 6.45) is 0. The molecule has 0 radical (unpaired) electrons. The van der Waals surface area contributed by atoms with Crippen LogP contribution in [0.5, 0.6) is 0 Å². The molecule has 112 valence electrons. The van der Waals surface area contributed by atoms with Gasteiger partial charge < -0.3 is 8.98 Å². The highest BCUT2D eigenvalue weighted by Crippen LogP contribution is 2.28. The van der Waals surface area contributed by atoms with Crippen LogP contribution in [0.3, 0.4) is 0 Å². The van der Waals surface area contributed by atoms with E-state index in [0.29, 0.717) is 16.5 Å². The Morgan fingerprint density at radius 1 is 0.913 bits per heavy atom. The second-order valence-corrected chi connectivity index (χ2v) is 5.43. The fraction of sp³-hybridized carbons (Fsp3) is 0.0526. The van der Waals surface area contributed by atoms with Gasteiger partial charge in [0.1, 0.15) is 0 Å². The molecule has 0 saturated carbocycles. The first-order chi connectivity index (χ1) is 11.2. The van der Waals surface area contributed by atoms with Crippen molar-refractivity contribution in [2.45, 2.75) is 0 Å². The van der Waals surface area contributed by atoms with Crippen molar-refractivity contribution >= 4 is 21.9 Å². The van der Waals surface area contributed by atoms with Crippen molar-refractivity contribution in [2.75, 3.05) is 0 Å². The standard InChI is InChI=1S/C19H13NO3/c1-20-15-10-6-5-9-13(15)18-17(19(20)22)14(11-16(21)23-18)12-7-3-2-4-8-12/h2-11H,1H3. The van der Waals surface area contributed by atoms with E-state index in [1.165, 1.54) is 6.07 Å². The molecule has 0 spiro atoms. The van der Waals surface area contributed by atoms with Crippen LogP contribution >= 0.6 is 0 Å². The number of pyridine rings is 1. The van der Waals surface area contributed by atoms with Gasteiger partial charge >= 0.3 is 5.63 Å². The van der Waals surface area contributed by atoms with Crippen LogP contribution in [0.2, 0.25) is 0 Å². The Morgan fingerprint density at radius 2 is 1.61 bits per heavy atom. The highest BCUT2D eigenvalue weighted by Gasteiger charge is 2.16. The first-order valence-electron chi connectivity index (χ1n) is 7.28. The summed E-state index contributed by atoms with van der Waals surface area (Å²) in [4.78, 5) is 24.9. The molecule has 0 unspecified atom stereocenters. The van der Waals surface area contributed by atoms with Crippen molar-refractivity contribution in [3.63, 3.8) is 0 Å². The zero-order valence-corrected chi connectivity index (χ0v) is 12.4. The minimum Gasteiger partial charge on any atom is -0.422 e. The third-order valence-electron chi connectivity index (χ3n) is 4.07. The topological polar surface area (TPSA) is 52.2 Å². The van der Waals surface area contributed by atoms with Gasteiger partial charge in [0.25, 0.3) is 5.56 Å². The Hall–Kier alpha value is -3.14. The Bertz CT molecular complexity index is 1150. The van der Waals surface area contributed by atoms with Gasteiger partial charge in [0.2, 0.25) is 0 Å². The van der Waals surface area contributed by atoms with E-state index in [-0.39, 0.29) is 5.56 Å². The summed E-state index contributed by atoms with van der Waals surface area (Å²) >= 11 is 0. The van der Waals surface area contributed by atoms with Gasteiger partial charge in [0.15, 0.2) is 5.58 Å². The maximum atomic E-state index is 12.8. The van der Waals surface area contributed by atoms with E-state index in [1.807, 2.05) is 54.6 Å². The lowest BCUT2D eigenvalue weighted by atomic mass is 10.0. The normalized spacial score (nSPS) is 11.2. The van der Waals surface area contributed by atoms with Crippen LogP contribution in [0.1, 0.15) is 0 Å². The second kappa shape index (κ2) is 4.95. The van der Waals surface area contributed by atoms with Crippen LogP contribution in [-0.2, 0) is 7.05 Å². The molecule has 2 aromatic carbocycles. The fourth-order valence-corrected chi connectivity index (χ4v) is 2.98. The van der Waals surface area contributed by atoms with Gasteiger partial charge in [0, 0.05) is 24.1 Å². The number of fused-ring (bicyclic) bond motifs is 3. The molecule has 4 rings (SSSR count). The molecule has 0 N–H and O–H groups in total. The van der Waals surface area contributed by atoms with Gasteiger partial charge in [-0.1, -0.05) is 42.5 Å². The molecule has 0 aliphatic carbocycles. The Kier molecular flexibility index (Phi) is 2.91. The predicted octanol–water partition coefficient (Wildman–Crippen LogP) is 3.31. The minimum atomic E-state index is -0.463. The Balaban J connectivity index is 2.31. The van der Waals surface area contributed by atoms with Crippen LogP contribution in [-0.4, -0.2) is 4.57 Å². The molecule has 0 amide bonds. The fourth-order valence-electron chi connectivity index (χ4n) is 2.98. The van der Waals surface area contributed by atoms with Crippen molar-refractivity contribution in [3.05, 3.63) is 81.4 Å².